The van der Waals surface area contributed by atoms with Crippen LogP contribution < -0.4 is 5.73 Å². The van der Waals surface area contributed by atoms with Crippen LogP contribution in [0.25, 0.3) is 0 Å². The molecule has 2 atom stereocenters. The van der Waals surface area contributed by atoms with E-state index in [1.165, 1.54) is 19.3 Å². The largest absolute Gasteiger partial charge is 0.396 e. The van der Waals surface area contributed by atoms with Crippen LogP contribution in [0.1, 0.15) is 45.4 Å². The summed E-state index contributed by atoms with van der Waals surface area (Å²) in [6.07, 6.45) is 6.87. The van der Waals surface area contributed by atoms with Crippen LogP contribution in [-0.2, 0) is 0 Å². The zero-order chi connectivity index (χ0) is 9.03. The zero-order valence-corrected chi connectivity index (χ0v) is 8.05. The second kappa shape index (κ2) is 4.24. The molecule has 1 aliphatic rings. The van der Waals surface area contributed by atoms with E-state index in [0.29, 0.717) is 5.92 Å². The summed E-state index contributed by atoms with van der Waals surface area (Å²) in [4.78, 5) is 0. The monoisotopic (exact) mass is 171 g/mol. The minimum atomic E-state index is -0.0538. The molecule has 0 aromatic rings. The van der Waals surface area contributed by atoms with Gasteiger partial charge in [0.15, 0.2) is 0 Å². The first-order chi connectivity index (χ1) is 5.73. The third kappa shape index (κ3) is 1.99. The van der Waals surface area contributed by atoms with E-state index in [2.05, 4.69) is 6.92 Å². The molecule has 0 radical (unpaired) electrons. The smallest absolute Gasteiger partial charge is 0.0448 e. The molecule has 0 aromatic carbocycles. The van der Waals surface area contributed by atoms with Gasteiger partial charge in [-0.25, -0.2) is 0 Å². The maximum atomic E-state index is 8.92. The Bertz CT molecular complexity index is 134. The van der Waals surface area contributed by atoms with Gasteiger partial charge >= 0.3 is 0 Å². The number of hydrogen-bond donors (Lipinski definition) is 2. The van der Waals surface area contributed by atoms with Crippen LogP contribution in [0, 0.1) is 5.92 Å². The lowest BCUT2D eigenvalue weighted by molar-refractivity contribution is 0.137. The van der Waals surface area contributed by atoms with Gasteiger partial charge in [0, 0.05) is 12.1 Å². The van der Waals surface area contributed by atoms with Gasteiger partial charge in [-0.15, -0.1) is 0 Å². The normalized spacial score (nSPS) is 36.8. The lowest BCUT2D eigenvalue weighted by atomic mass is 9.70. The SMILES string of the molecule is CCC1CCCCC1(N)CCO. The Morgan fingerprint density at radius 3 is 2.83 bits per heavy atom. The van der Waals surface area contributed by atoms with Crippen molar-refractivity contribution in [1.29, 1.82) is 0 Å². The van der Waals surface area contributed by atoms with Gasteiger partial charge in [0.05, 0.1) is 0 Å². The molecule has 1 aliphatic carbocycles. The van der Waals surface area contributed by atoms with Crippen LogP contribution in [0.5, 0.6) is 0 Å². The molecule has 0 bridgehead atoms. The van der Waals surface area contributed by atoms with Crippen molar-refractivity contribution in [2.75, 3.05) is 6.61 Å². The maximum Gasteiger partial charge on any atom is 0.0448 e. The molecule has 12 heavy (non-hydrogen) atoms. The summed E-state index contributed by atoms with van der Waals surface area (Å²) in [7, 11) is 0. The number of aliphatic hydroxyl groups excluding tert-OH is 1. The zero-order valence-electron chi connectivity index (χ0n) is 8.05. The van der Waals surface area contributed by atoms with E-state index >= 15 is 0 Å². The standard InChI is InChI=1S/C10H21NO/c1-2-9-5-3-4-6-10(9,11)7-8-12/h9,12H,2-8,11H2,1H3. The number of aliphatic hydroxyl groups is 1. The van der Waals surface area contributed by atoms with Crippen LogP contribution in [-0.4, -0.2) is 17.3 Å². The number of hydrogen-bond acceptors (Lipinski definition) is 2. The van der Waals surface area contributed by atoms with Crippen molar-refractivity contribution in [3.05, 3.63) is 0 Å². The van der Waals surface area contributed by atoms with Gasteiger partial charge in [0.2, 0.25) is 0 Å². The number of rotatable bonds is 3. The highest BCUT2D eigenvalue weighted by Gasteiger charge is 2.35. The van der Waals surface area contributed by atoms with E-state index in [9.17, 15) is 0 Å². The van der Waals surface area contributed by atoms with Crippen LogP contribution in [0.3, 0.4) is 0 Å². The first kappa shape index (κ1) is 10.0. The van der Waals surface area contributed by atoms with Crippen LogP contribution in [0.15, 0.2) is 0 Å². The van der Waals surface area contributed by atoms with Crippen LogP contribution in [0.2, 0.25) is 0 Å². The van der Waals surface area contributed by atoms with Gasteiger partial charge < -0.3 is 10.8 Å². The quantitative estimate of drug-likeness (QED) is 0.678. The highest BCUT2D eigenvalue weighted by molar-refractivity contribution is 4.93. The Morgan fingerprint density at radius 1 is 1.50 bits per heavy atom. The van der Waals surface area contributed by atoms with E-state index in [-0.39, 0.29) is 12.1 Å². The summed E-state index contributed by atoms with van der Waals surface area (Å²) in [6, 6.07) is 0. The Kier molecular flexibility index (Phi) is 3.53. The minimum Gasteiger partial charge on any atom is -0.396 e. The summed E-state index contributed by atoms with van der Waals surface area (Å²) >= 11 is 0. The van der Waals surface area contributed by atoms with Gasteiger partial charge in [-0.05, 0) is 25.2 Å². The molecule has 1 saturated carbocycles. The van der Waals surface area contributed by atoms with E-state index in [1.54, 1.807) is 0 Å². The van der Waals surface area contributed by atoms with Crippen LogP contribution in [0.4, 0.5) is 0 Å². The van der Waals surface area contributed by atoms with Crippen molar-refractivity contribution in [2.45, 2.75) is 51.0 Å². The molecule has 3 N–H and O–H groups in total. The van der Waals surface area contributed by atoms with Crippen LogP contribution >= 0.6 is 0 Å². The van der Waals surface area contributed by atoms with Gasteiger partial charge in [-0.2, -0.15) is 0 Å². The Hall–Kier alpha value is -0.0800. The average Bonchev–Trinajstić information content (AvgIpc) is 2.05. The van der Waals surface area contributed by atoms with Crippen molar-refractivity contribution in [1.82, 2.24) is 0 Å². The summed E-state index contributed by atoms with van der Waals surface area (Å²) in [6.45, 7) is 2.45. The molecule has 1 rings (SSSR count). The summed E-state index contributed by atoms with van der Waals surface area (Å²) in [5, 5.41) is 8.92. The summed E-state index contributed by atoms with van der Waals surface area (Å²) < 4.78 is 0. The van der Waals surface area contributed by atoms with E-state index < -0.39 is 0 Å². The van der Waals surface area contributed by atoms with Gasteiger partial charge in [0.25, 0.3) is 0 Å². The molecule has 0 heterocycles. The molecule has 0 amide bonds. The number of nitrogens with two attached hydrogens (primary N) is 1. The topological polar surface area (TPSA) is 46.2 Å². The Morgan fingerprint density at radius 2 is 2.25 bits per heavy atom. The predicted octanol–water partition coefficient (Wildman–Crippen LogP) is 1.67. The summed E-state index contributed by atoms with van der Waals surface area (Å²) in [5.41, 5.74) is 6.21. The molecule has 1 fully saturated rings. The fourth-order valence-electron chi connectivity index (χ4n) is 2.48. The van der Waals surface area contributed by atoms with Crippen molar-refractivity contribution in [3.8, 4) is 0 Å². The van der Waals surface area contributed by atoms with Crippen molar-refractivity contribution in [2.24, 2.45) is 11.7 Å². The highest BCUT2D eigenvalue weighted by atomic mass is 16.3. The fourth-order valence-corrected chi connectivity index (χ4v) is 2.48. The lowest BCUT2D eigenvalue weighted by Crippen LogP contribution is -2.49. The molecule has 2 heteroatoms. The van der Waals surface area contributed by atoms with Gasteiger partial charge in [-0.1, -0.05) is 26.2 Å². The highest BCUT2D eigenvalue weighted by Crippen LogP contribution is 2.35. The van der Waals surface area contributed by atoms with E-state index in [1.807, 2.05) is 0 Å². The molecule has 0 aliphatic heterocycles. The summed E-state index contributed by atoms with van der Waals surface area (Å²) in [5.74, 6) is 0.637. The lowest BCUT2D eigenvalue weighted by Gasteiger charge is -2.40. The molecule has 0 aromatic heterocycles. The first-order valence-corrected chi connectivity index (χ1v) is 5.12. The fraction of sp³-hybridized carbons (Fsp3) is 1.00. The van der Waals surface area contributed by atoms with Crippen molar-refractivity contribution in [3.63, 3.8) is 0 Å². The molecule has 0 spiro atoms. The van der Waals surface area contributed by atoms with E-state index in [0.717, 1.165) is 19.3 Å². The van der Waals surface area contributed by atoms with E-state index in [4.69, 9.17) is 10.8 Å². The molecular weight excluding hydrogens is 150 g/mol. The third-order valence-electron chi connectivity index (χ3n) is 3.33. The third-order valence-corrected chi connectivity index (χ3v) is 3.33. The predicted molar refractivity (Wildman–Crippen MR) is 50.9 cm³/mol. The van der Waals surface area contributed by atoms with Crippen molar-refractivity contribution < 1.29 is 5.11 Å². The molecule has 2 unspecified atom stereocenters. The maximum absolute atomic E-state index is 8.92. The van der Waals surface area contributed by atoms with Gasteiger partial charge in [-0.3, -0.25) is 0 Å². The first-order valence-electron chi connectivity index (χ1n) is 5.12. The van der Waals surface area contributed by atoms with Crippen molar-refractivity contribution >= 4 is 0 Å². The second-order valence-electron chi connectivity index (χ2n) is 4.06. The average molecular weight is 171 g/mol. The second-order valence-corrected chi connectivity index (χ2v) is 4.06. The molecule has 72 valence electrons. The van der Waals surface area contributed by atoms with Gasteiger partial charge in [0.1, 0.15) is 0 Å². The molecule has 2 nitrogen and oxygen atoms in total. The Balaban J connectivity index is 2.55. The molecular formula is C10H21NO. The Labute approximate surface area is 75.2 Å². The minimum absolute atomic E-state index is 0.0538. The molecule has 0 saturated heterocycles.